The Morgan fingerprint density at radius 1 is 1.50 bits per heavy atom. The van der Waals surface area contributed by atoms with Gasteiger partial charge in [-0.3, -0.25) is 0 Å². The Kier molecular flexibility index (Phi) is 2.73. The summed E-state index contributed by atoms with van der Waals surface area (Å²) in [6.07, 6.45) is 2.74. The molecule has 3 nitrogen and oxygen atoms in total. The summed E-state index contributed by atoms with van der Waals surface area (Å²) in [6.45, 7) is 6.27. The van der Waals surface area contributed by atoms with Gasteiger partial charge in [-0.2, -0.15) is 0 Å². The zero-order valence-corrected chi connectivity index (χ0v) is 8.47. The lowest BCUT2D eigenvalue weighted by molar-refractivity contribution is 0.347. The minimum Gasteiger partial charge on any atom is -0.247 e. The highest BCUT2D eigenvalue weighted by Crippen LogP contribution is 2.11. The number of aromatic nitrogens is 3. The van der Waals surface area contributed by atoms with Gasteiger partial charge < -0.3 is 0 Å². The molecule has 1 aromatic heterocycles. The van der Waals surface area contributed by atoms with Crippen molar-refractivity contribution >= 4 is 11.6 Å². The molecule has 1 heterocycles. The molecular formula is C8H14ClN3. The van der Waals surface area contributed by atoms with Crippen LogP contribution in [0.3, 0.4) is 0 Å². The number of hydrogen-bond acceptors (Lipinski definition) is 2. The predicted octanol–water partition coefficient (Wildman–Crippen LogP) is 1.81. The lowest BCUT2D eigenvalue weighted by Gasteiger charge is -2.17. The fourth-order valence-corrected chi connectivity index (χ4v) is 1.03. The molecule has 1 aromatic rings. The molecule has 4 heteroatoms. The molecule has 0 saturated carbocycles. The molecule has 0 fully saturated rings. The first-order valence-electron chi connectivity index (χ1n) is 4.01. The standard InChI is InChI=1S/C8H14ClN3/c1-8(2,3)12-6-7(4-5-9)10-11-12/h6H,4-5H2,1-3H3. The van der Waals surface area contributed by atoms with Crippen molar-refractivity contribution in [1.29, 1.82) is 0 Å². The number of halogens is 1. The van der Waals surface area contributed by atoms with Crippen molar-refractivity contribution < 1.29 is 0 Å². The molecule has 68 valence electrons. The van der Waals surface area contributed by atoms with E-state index in [2.05, 4.69) is 31.1 Å². The smallest absolute Gasteiger partial charge is 0.0839 e. The molecule has 0 aromatic carbocycles. The maximum atomic E-state index is 5.58. The van der Waals surface area contributed by atoms with Crippen LogP contribution >= 0.6 is 11.6 Å². The van der Waals surface area contributed by atoms with Crippen LogP contribution in [0.5, 0.6) is 0 Å². The second-order valence-electron chi connectivity index (χ2n) is 3.76. The van der Waals surface area contributed by atoms with E-state index in [1.807, 2.05) is 10.9 Å². The summed E-state index contributed by atoms with van der Waals surface area (Å²) in [6, 6.07) is 0. The summed E-state index contributed by atoms with van der Waals surface area (Å²) in [5, 5.41) is 8.01. The van der Waals surface area contributed by atoms with Gasteiger partial charge in [0.2, 0.25) is 0 Å². The Morgan fingerprint density at radius 2 is 2.17 bits per heavy atom. The summed E-state index contributed by atoms with van der Waals surface area (Å²) in [4.78, 5) is 0. The highest BCUT2D eigenvalue weighted by atomic mass is 35.5. The maximum Gasteiger partial charge on any atom is 0.0839 e. The third-order valence-electron chi connectivity index (χ3n) is 1.58. The second-order valence-corrected chi connectivity index (χ2v) is 4.14. The molecule has 1 rings (SSSR count). The van der Waals surface area contributed by atoms with Crippen LogP contribution in [0.4, 0.5) is 0 Å². The molecule has 0 amide bonds. The Bertz CT molecular complexity index is 249. The molecule has 0 bridgehead atoms. The average Bonchev–Trinajstić information content (AvgIpc) is 2.35. The lowest BCUT2D eigenvalue weighted by atomic mass is 10.1. The van der Waals surface area contributed by atoms with Crippen molar-refractivity contribution in [3.05, 3.63) is 11.9 Å². The Morgan fingerprint density at radius 3 is 2.58 bits per heavy atom. The van der Waals surface area contributed by atoms with Crippen LogP contribution in [0.15, 0.2) is 6.20 Å². The van der Waals surface area contributed by atoms with Crippen LogP contribution in [0.1, 0.15) is 26.5 Å². The molecule has 0 radical (unpaired) electrons. The van der Waals surface area contributed by atoms with Gasteiger partial charge in [-0.25, -0.2) is 4.68 Å². The summed E-state index contributed by atoms with van der Waals surface area (Å²) in [5.41, 5.74) is 0.970. The fourth-order valence-electron chi connectivity index (χ4n) is 0.838. The quantitative estimate of drug-likeness (QED) is 0.662. The summed E-state index contributed by atoms with van der Waals surface area (Å²) < 4.78 is 1.86. The van der Waals surface area contributed by atoms with Crippen LogP contribution in [-0.2, 0) is 12.0 Å². The summed E-state index contributed by atoms with van der Waals surface area (Å²) in [5.74, 6) is 0.600. The molecule has 0 aliphatic carbocycles. The van der Waals surface area contributed by atoms with Gasteiger partial charge in [0.25, 0.3) is 0 Å². The third kappa shape index (κ3) is 2.21. The van der Waals surface area contributed by atoms with Gasteiger partial charge in [0.05, 0.1) is 11.2 Å². The monoisotopic (exact) mass is 187 g/mol. The van der Waals surface area contributed by atoms with E-state index in [1.54, 1.807) is 0 Å². The number of hydrogen-bond donors (Lipinski definition) is 0. The van der Waals surface area contributed by atoms with E-state index in [9.17, 15) is 0 Å². The number of alkyl halides is 1. The zero-order chi connectivity index (χ0) is 9.19. The van der Waals surface area contributed by atoms with E-state index in [0.29, 0.717) is 5.88 Å². The van der Waals surface area contributed by atoms with E-state index in [1.165, 1.54) is 0 Å². The topological polar surface area (TPSA) is 30.7 Å². The van der Waals surface area contributed by atoms with E-state index in [-0.39, 0.29) is 5.54 Å². The molecule has 0 aliphatic heterocycles. The van der Waals surface area contributed by atoms with E-state index >= 15 is 0 Å². The number of nitrogens with zero attached hydrogens (tertiary/aromatic N) is 3. The van der Waals surface area contributed by atoms with Crippen LogP contribution in [0, 0.1) is 0 Å². The van der Waals surface area contributed by atoms with Crippen LogP contribution in [-0.4, -0.2) is 20.9 Å². The lowest BCUT2D eigenvalue weighted by Crippen LogP contribution is -2.22. The van der Waals surface area contributed by atoms with Crippen molar-refractivity contribution in [3.8, 4) is 0 Å². The molecule has 12 heavy (non-hydrogen) atoms. The van der Waals surface area contributed by atoms with Gasteiger partial charge in [-0.05, 0) is 20.8 Å². The minimum atomic E-state index is 0.0115. The third-order valence-corrected chi connectivity index (χ3v) is 1.77. The largest absolute Gasteiger partial charge is 0.247 e. The zero-order valence-electron chi connectivity index (χ0n) is 7.71. The van der Waals surface area contributed by atoms with Crippen LogP contribution in [0.25, 0.3) is 0 Å². The van der Waals surface area contributed by atoms with Gasteiger partial charge in [-0.1, -0.05) is 5.21 Å². The molecule has 0 spiro atoms. The van der Waals surface area contributed by atoms with Crippen molar-refractivity contribution in [3.63, 3.8) is 0 Å². The normalized spacial score (nSPS) is 12.0. The number of aryl methyl sites for hydroxylation is 1. The van der Waals surface area contributed by atoms with Crippen molar-refractivity contribution in [2.45, 2.75) is 32.7 Å². The van der Waals surface area contributed by atoms with Crippen molar-refractivity contribution in [2.24, 2.45) is 0 Å². The maximum absolute atomic E-state index is 5.58. The van der Waals surface area contributed by atoms with E-state index in [0.717, 1.165) is 12.1 Å². The van der Waals surface area contributed by atoms with Gasteiger partial charge in [-0.15, -0.1) is 16.7 Å². The van der Waals surface area contributed by atoms with Crippen LogP contribution in [0.2, 0.25) is 0 Å². The van der Waals surface area contributed by atoms with E-state index < -0.39 is 0 Å². The Hall–Kier alpha value is -0.570. The van der Waals surface area contributed by atoms with Gasteiger partial charge in [0.15, 0.2) is 0 Å². The predicted molar refractivity (Wildman–Crippen MR) is 49.4 cm³/mol. The summed E-state index contributed by atoms with van der Waals surface area (Å²) in [7, 11) is 0. The van der Waals surface area contributed by atoms with Crippen LogP contribution < -0.4 is 0 Å². The second kappa shape index (κ2) is 3.44. The van der Waals surface area contributed by atoms with Crippen molar-refractivity contribution in [2.75, 3.05) is 5.88 Å². The highest BCUT2D eigenvalue weighted by molar-refractivity contribution is 6.17. The van der Waals surface area contributed by atoms with Gasteiger partial charge in [0, 0.05) is 18.5 Å². The molecule has 0 N–H and O–H groups in total. The molecule has 0 saturated heterocycles. The van der Waals surface area contributed by atoms with E-state index in [4.69, 9.17) is 11.6 Å². The van der Waals surface area contributed by atoms with Gasteiger partial charge >= 0.3 is 0 Å². The highest BCUT2D eigenvalue weighted by Gasteiger charge is 2.14. The number of rotatable bonds is 2. The Balaban J connectivity index is 2.77. The first-order chi connectivity index (χ1) is 5.54. The molecular weight excluding hydrogens is 174 g/mol. The fraction of sp³-hybridized carbons (Fsp3) is 0.750. The summed E-state index contributed by atoms with van der Waals surface area (Å²) >= 11 is 5.58. The first kappa shape index (κ1) is 9.52. The average molecular weight is 188 g/mol. The molecule has 0 atom stereocenters. The SMILES string of the molecule is CC(C)(C)n1cc(CCCl)nn1. The minimum absolute atomic E-state index is 0.0115. The Labute approximate surface area is 77.7 Å². The molecule has 0 aliphatic rings. The van der Waals surface area contributed by atoms with Gasteiger partial charge in [0.1, 0.15) is 0 Å². The van der Waals surface area contributed by atoms with Crippen molar-refractivity contribution in [1.82, 2.24) is 15.0 Å². The molecule has 0 unspecified atom stereocenters. The first-order valence-corrected chi connectivity index (χ1v) is 4.55.